The van der Waals surface area contributed by atoms with Crippen molar-refractivity contribution in [1.82, 2.24) is 0 Å². The highest BCUT2D eigenvalue weighted by Gasteiger charge is 2.03. The maximum atomic E-state index is 5.37. The zero-order valence-corrected chi connectivity index (χ0v) is 12.3. The van der Waals surface area contributed by atoms with Crippen molar-refractivity contribution in [3.8, 4) is 5.75 Å². The van der Waals surface area contributed by atoms with Crippen LogP contribution in [0.3, 0.4) is 0 Å². The molecule has 106 valence electrons. The molecule has 0 bridgehead atoms. The Hall–Kier alpha value is -2.00. The van der Waals surface area contributed by atoms with E-state index >= 15 is 0 Å². The summed E-state index contributed by atoms with van der Waals surface area (Å²) in [5, 5.41) is 3.42. The third kappa shape index (κ3) is 3.75. The average Bonchev–Trinajstić information content (AvgIpc) is 2.46. The molecule has 0 unspecified atom stereocenters. The molecule has 3 nitrogen and oxygen atoms in total. The van der Waals surface area contributed by atoms with E-state index in [0.29, 0.717) is 6.61 Å². The summed E-state index contributed by atoms with van der Waals surface area (Å²) >= 11 is 0. The Balaban J connectivity index is 2.08. The predicted molar refractivity (Wildman–Crippen MR) is 82.2 cm³/mol. The molecule has 0 aliphatic rings. The monoisotopic (exact) mass is 271 g/mol. The highest BCUT2D eigenvalue weighted by molar-refractivity contribution is 5.58. The highest BCUT2D eigenvalue weighted by Crippen LogP contribution is 2.25. The molecule has 0 spiro atoms. The summed E-state index contributed by atoms with van der Waals surface area (Å²) in [6.07, 6.45) is 0. The number of anilines is 1. The molecule has 20 heavy (non-hydrogen) atoms. The summed E-state index contributed by atoms with van der Waals surface area (Å²) in [7, 11) is 3.40. The van der Waals surface area contributed by atoms with Crippen LogP contribution in [0.15, 0.2) is 42.5 Å². The van der Waals surface area contributed by atoms with Crippen molar-refractivity contribution in [2.75, 3.05) is 19.5 Å². The highest BCUT2D eigenvalue weighted by atomic mass is 16.5. The van der Waals surface area contributed by atoms with Crippen LogP contribution < -0.4 is 10.1 Å². The zero-order valence-electron chi connectivity index (χ0n) is 12.3. The summed E-state index contributed by atoms with van der Waals surface area (Å²) in [6, 6.07) is 14.5. The molecule has 0 saturated carbocycles. The SMILES string of the molecule is COCc1cccc(CNc2cc(C)ccc2OC)c1. The molecule has 0 aliphatic carbocycles. The van der Waals surface area contributed by atoms with Crippen LogP contribution in [0, 0.1) is 6.92 Å². The zero-order chi connectivity index (χ0) is 14.4. The van der Waals surface area contributed by atoms with Gasteiger partial charge in [-0.15, -0.1) is 0 Å². The van der Waals surface area contributed by atoms with Crippen molar-refractivity contribution in [3.05, 3.63) is 59.2 Å². The molecule has 2 aromatic carbocycles. The van der Waals surface area contributed by atoms with E-state index in [1.54, 1.807) is 14.2 Å². The Labute approximate surface area is 120 Å². The fourth-order valence-corrected chi connectivity index (χ4v) is 2.15. The lowest BCUT2D eigenvalue weighted by Gasteiger charge is -2.12. The maximum Gasteiger partial charge on any atom is 0.141 e. The number of methoxy groups -OCH3 is 2. The topological polar surface area (TPSA) is 30.5 Å². The number of benzene rings is 2. The average molecular weight is 271 g/mol. The molecule has 0 atom stereocenters. The summed E-state index contributed by atoms with van der Waals surface area (Å²) in [5.41, 5.74) is 4.64. The van der Waals surface area contributed by atoms with E-state index in [4.69, 9.17) is 9.47 Å². The van der Waals surface area contributed by atoms with Gasteiger partial charge in [-0.2, -0.15) is 0 Å². The second-order valence-electron chi connectivity index (χ2n) is 4.81. The Morgan fingerprint density at radius 3 is 2.55 bits per heavy atom. The van der Waals surface area contributed by atoms with Crippen molar-refractivity contribution >= 4 is 5.69 Å². The molecule has 0 radical (unpaired) electrons. The number of hydrogen-bond donors (Lipinski definition) is 1. The Bertz CT molecular complexity index is 567. The Morgan fingerprint density at radius 2 is 1.80 bits per heavy atom. The lowest BCUT2D eigenvalue weighted by Crippen LogP contribution is -2.02. The number of nitrogens with one attached hydrogen (secondary N) is 1. The summed E-state index contributed by atoms with van der Waals surface area (Å²) in [6.45, 7) is 3.48. The molecule has 0 aromatic heterocycles. The first-order valence-electron chi connectivity index (χ1n) is 6.68. The van der Waals surface area contributed by atoms with Crippen LogP contribution in [-0.2, 0) is 17.9 Å². The lowest BCUT2D eigenvalue weighted by molar-refractivity contribution is 0.185. The van der Waals surface area contributed by atoms with Gasteiger partial charge in [-0.1, -0.05) is 30.3 Å². The van der Waals surface area contributed by atoms with Gasteiger partial charge in [-0.25, -0.2) is 0 Å². The van der Waals surface area contributed by atoms with E-state index in [1.165, 1.54) is 16.7 Å². The van der Waals surface area contributed by atoms with E-state index < -0.39 is 0 Å². The Kier molecular flexibility index (Phi) is 5.02. The van der Waals surface area contributed by atoms with E-state index in [-0.39, 0.29) is 0 Å². The fourth-order valence-electron chi connectivity index (χ4n) is 2.15. The first-order chi connectivity index (χ1) is 9.72. The Morgan fingerprint density at radius 1 is 1.00 bits per heavy atom. The van der Waals surface area contributed by atoms with E-state index in [2.05, 4.69) is 42.6 Å². The molecule has 0 heterocycles. The maximum absolute atomic E-state index is 5.37. The molecular formula is C17H21NO2. The first kappa shape index (κ1) is 14.4. The number of ether oxygens (including phenoxy) is 2. The van der Waals surface area contributed by atoms with Gasteiger partial charge in [0.1, 0.15) is 5.75 Å². The predicted octanol–water partition coefficient (Wildman–Crippen LogP) is 3.76. The molecule has 0 aliphatic heterocycles. The molecule has 2 aromatic rings. The van der Waals surface area contributed by atoms with Crippen LogP contribution in [0.1, 0.15) is 16.7 Å². The molecular weight excluding hydrogens is 250 g/mol. The minimum absolute atomic E-state index is 0.640. The van der Waals surface area contributed by atoms with Gasteiger partial charge in [0, 0.05) is 13.7 Å². The minimum Gasteiger partial charge on any atom is -0.495 e. The molecule has 1 N–H and O–H groups in total. The van der Waals surface area contributed by atoms with Crippen molar-refractivity contribution in [1.29, 1.82) is 0 Å². The van der Waals surface area contributed by atoms with Gasteiger partial charge >= 0.3 is 0 Å². The van der Waals surface area contributed by atoms with Gasteiger partial charge < -0.3 is 14.8 Å². The van der Waals surface area contributed by atoms with Crippen LogP contribution in [0.4, 0.5) is 5.69 Å². The lowest BCUT2D eigenvalue weighted by atomic mass is 10.1. The molecule has 2 rings (SSSR count). The van der Waals surface area contributed by atoms with Crippen molar-refractivity contribution < 1.29 is 9.47 Å². The third-order valence-corrected chi connectivity index (χ3v) is 3.14. The van der Waals surface area contributed by atoms with Gasteiger partial charge in [-0.3, -0.25) is 0 Å². The van der Waals surface area contributed by atoms with E-state index in [1.807, 2.05) is 12.1 Å². The van der Waals surface area contributed by atoms with Crippen molar-refractivity contribution in [2.24, 2.45) is 0 Å². The molecule has 0 saturated heterocycles. The first-order valence-corrected chi connectivity index (χ1v) is 6.68. The number of rotatable bonds is 6. The van der Waals surface area contributed by atoms with Gasteiger partial charge in [0.25, 0.3) is 0 Å². The van der Waals surface area contributed by atoms with Crippen molar-refractivity contribution in [3.63, 3.8) is 0 Å². The van der Waals surface area contributed by atoms with Crippen LogP contribution in [0.5, 0.6) is 5.75 Å². The quantitative estimate of drug-likeness (QED) is 0.867. The second kappa shape index (κ2) is 6.96. The summed E-state index contributed by atoms with van der Waals surface area (Å²) < 4.78 is 10.5. The smallest absolute Gasteiger partial charge is 0.141 e. The third-order valence-electron chi connectivity index (χ3n) is 3.14. The van der Waals surface area contributed by atoms with E-state index in [0.717, 1.165) is 18.0 Å². The summed E-state index contributed by atoms with van der Waals surface area (Å²) in [4.78, 5) is 0. The van der Waals surface area contributed by atoms with Gasteiger partial charge in [0.15, 0.2) is 0 Å². The van der Waals surface area contributed by atoms with Crippen molar-refractivity contribution in [2.45, 2.75) is 20.1 Å². The van der Waals surface area contributed by atoms with Crippen LogP contribution in [-0.4, -0.2) is 14.2 Å². The fraction of sp³-hybridized carbons (Fsp3) is 0.294. The molecule has 0 fully saturated rings. The van der Waals surface area contributed by atoms with Gasteiger partial charge in [-0.05, 0) is 35.7 Å². The molecule has 0 amide bonds. The largest absolute Gasteiger partial charge is 0.495 e. The minimum atomic E-state index is 0.640. The van der Waals surface area contributed by atoms with Crippen LogP contribution in [0.2, 0.25) is 0 Å². The standard InChI is InChI=1S/C17H21NO2/c1-13-7-8-17(20-3)16(9-13)18-11-14-5-4-6-15(10-14)12-19-2/h4-10,18H,11-12H2,1-3H3. The van der Waals surface area contributed by atoms with Gasteiger partial charge in [0.05, 0.1) is 19.4 Å². The van der Waals surface area contributed by atoms with Crippen LogP contribution in [0.25, 0.3) is 0 Å². The molecule has 3 heteroatoms. The normalized spacial score (nSPS) is 10.3. The number of aryl methyl sites for hydroxylation is 1. The van der Waals surface area contributed by atoms with Crippen LogP contribution >= 0.6 is 0 Å². The number of hydrogen-bond acceptors (Lipinski definition) is 3. The summed E-state index contributed by atoms with van der Waals surface area (Å²) in [5.74, 6) is 0.864. The second-order valence-corrected chi connectivity index (χ2v) is 4.81. The van der Waals surface area contributed by atoms with E-state index in [9.17, 15) is 0 Å². The van der Waals surface area contributed by atoms with Gasteiger partial charge in [0.2, 0.25) is 0 Å².